The number of hydrogen-bond acceptors (Lipinski definition) is 5. The van der Waals surface area contributed by atoms with Crippen LogP contribution in [-0.4, -0.2) is 64.6 Å². The summed E-state index contributed by atoms with van der Waals surface area (Å²) in [6.45, 7) is 6.08. The summed E-state index contributed by atoms with van der Waals surface area (Å²) in [6.07, 6.45) is 2.72. The summed E-state index contributed by atoms with van der Waals surface area (Å²) in [7, 11) is -6.68. The molecule has 1 aliphatic rings. The molecule has 6 nitrogen and oxygen atoms in total. The molecule has 1 rings (SSSR count). The first-order valence-corrected chi connectivity index (χ1v) is 10.7. The first-order valence-electron chi connectivity index (χ1n) is 6.99. The Morgan fingerprint density at radius 2 is 1.65 bits per heavy atom. The van der Waals surface area contributed by atoms with Crippen molar-refractivity contribution in [2.24, 2.45) is 5.92 Å². The van der Waals surface area contributed by atoms with E-state index in [1.807, 2.05) is 0 Å². The Labute approximate surface area is 122 Å². The molecule has 0 aromatic rings. The molecular weight excluding hydrogens is 300 g/mol. The Hall–Kier alpha value is -0.180. The van der Waals surface area contributed by atoms with Crippen molar-refractivity contribution in [1.29, 1.82) is 0 Å². The quantitative estimate of drug-likeness (QED) is 0.716. The third kappa shape index (κ3) is 6.51. The lowest BCUT2D eigenvalue weighted by atomic mass is 9.98. The maximum Gasteiger partial charge on any atom is 0.215 e. The summed E-state index contributed by atoms with van der Waals surface area (Å²) < 4.78 is 47.7. The normalized spacial score (nSPS) is 19.6. The van der Waals surface area contributed by atoms with E-state index in [0.717, 1.165) is 25.6 Å². The second-order valence-corrected chi connectivity index (χ2v) is 10.2. The zero-order valence-corrected chi connectivity index (χ0v) is 14.1. The van der Waals surface area contributed by atoms with Gasteiger partial charge in [-0.15, -0.1) is 0 Å². The molecule has 0 atom stereocenters. The van der Waals surface area contributed by atoms with Crippen molar-refractivity contribution in [3.8, 4) is 0 Å². The van der Waals surface area contributed by atoms with Crippen molar-refractivity contribution < 1.29 is 16.8 Å². The van der Waals surface area contributed by atoms with Crippen LogP contribution in [0.1, 0.15) is 26.7 Å². The molecule has 0 saturated carbocycles. The number of piperidine rings is 1. The first kappa shape index (κ1) is 17.9. The predicted molar refractivity (Wildman–Crippen MR) is 80.9 cm³/mol. The van der Waals surface area contributed by atoms with Gasteiger partial charge < -0.3 is 5.32 Å². The van der Waals surface area contributed by atoms with E-state index in [4.69, 9.17) is 0 Å². The molecule has 20 heavy (non-hydrogen) atoms. The highest BCUT2D eigenvalue weighted by Crippen LogP contribution is 2.19. The highest BCUT2D eigenvalue weighted by atomic mass is 32.2. The summed E-state index contributed by atoms with van der Waals surface area (Å²) in [5.41, 5.74) is 0. The van der Waals surface area contributed by atoms with Gasteiger partial charge in [0.25, 0.3) is 0 Å². The van der Waals surface area contributed by atoms with Crippen molar-refractivity contribution in [1.82, 2.24) is 9.62 Å². The second kappa shape index (κ2) is 7.20. The Bertz CT molecular complexity index is 492. The van der Waals surface area contributed by atoms with Crippen molar-refractivity contribution in [2.45, 2.75) is 32.7 Å². The van der Waals surface area contributed by atoms with Crippen molar-refractivity contribution in [3.05, 3.63) is 0 Å². The number of nitrogens with zero attached hydrogens (tertiary/aromatic N) is 1. The maximum absolute atomic E-state index is 12.1. The standard InChI is InChI=1S/C12H26N2O4S2/c1-11(2)13-10-12-4-6-14(7-5-12)20(17,18)9-8-19(3,15)16/h11-13H,4-10H2,1-3H3. The Balaban J connectivity index is 2.44. The first-order chi connectivity index (χ1) is 9.10. The lowest BCUT2D eigenvalue weighted by Gasteiger charge is -2.31. The van der Waals surface area contributed by atoms with Gasteiger partial charge in [-0.2, -0.15) is 0 Å². The maximum atomic E-state index is 12.1. The molecule has 1 saturated heterocycles. The van der Waals surface area contributed by atoms with Crippen molar-refractivity contribution >= 4 is 19.9 Å². The molecule has 0 unspecified atom stereocenters. The van der Waals surface area contributed by atoms with Gasteiger partial charge in [0.15, 0.2) is 0 Å². The lowest BCUT2D eigenvalue weighted by molar-refractivity contribution is 0.264. The average Bonchev–Trinajstić information content (AvgIpc) is 2.34. The van der Waals surface area contributed by atoms with Crippen LogP contribution in [0, 0.1) is 5.92 Å². The second-order valence-electron chi connectivity index (χ2n) is 5.85. The molecule has 0 aromatic carbocycles. The molecule has 1 heterocycles. The van der Waals surface area contributed by atoms with Crippen LogP contribution in [-0.2, 0) is 19.9 Å². The summed E-state index contributed by atoms with van der Waals surface area (Å²) in [5.74, 6) is -0.107. The molecule has 0 amide bonds. The van der Waals surface area contributed by atoms with Crippen LogP contribution in [0.4, 0.5) is 0 Å². The topological polar surface area (TPSA) is 83.6 Å². The van der Waals surface area contributed by atoms with Crippen molar-refractivity contribution in [3.63, 3.8) is 0 Å². The van der Waals surface area contributed by atoms with Gasteiger partial charge in [-0.1, -0.05) is 13.8 Å². The van der Waals surface area contributed by atoms with Gasteiger partial charge in [0.1, 0.15) is 9.84 Å². The highest BCUT2D eigenvalue weighted by molar-refractivity contribution is 7.93. The van der Waals surface area contributed by atoms with E-state index < -0.39 is 19.9 Å². The monoisotopic (exact) mass is 326 g/mol. The van der Waals surface area contributed by atoms with E-state index in [-0.39, 0.29) is 11.5 Å². The Kier molecular flexibility index (Phi) is 6.43. The SMILES string of the molecule is CC(C)NCC1CCN(S(=O)(=O)CCS(C)(=O)=O)CC1. The van der Waals surface area contributed by atoms with Crippen LogP contribution in [0.15, 0.2) is 0 Å². The number of rotatable bonds is 7. The summed E-state index contributed by atoms with van der Waals surface area (Å²) >= 11 is 0. The van der Waals surface area contributed by atoms with Gasteiger partial charge in [-0.3, -0.25) is 0 Å². The number of nitrogens with one attached hydrogen (secondary N) is 1. The Morgan fingerprint density at radius 3 is 2.10 bits per heavy atom. The molecule has 0 aromatic heterocycles. The summed E-state index contributed by atoms with van der Waals surface area (Å²) in [4.78, 5) is 0. The molecule has 0 radical (unpaired) electrons. The fourth-order valence-electron chi connectivity index (χ4n) is 2.18. The number of hydrogen-bond donors (Lipinski definition) is 1. The van der Waals surface area contributed by atoms with Gasteiger partial charge in [0, 0.05) is 25.4 Å². The lowest BCUT2D eigenvalue weighted by Crippen LogP contribution is -2.43. The van der Waals surface area contributed by atoms with Crippen LogP contribution >= 0.6 is 0 Å². The van der Waals surface area contributed by atoms with Crippen molar-refractivity contribution in [2.75, 3.05) is 37.4 Å². The molecule has 8 heteroatoms. The minimum Gasteiger partial charge on any atom is -0.314 e. The van der Waals surface area contributed by atoms with Crippen LogP contribution in [0.3, 0.4) is 0 Å². The molecule has 0 spiro atoms. The van der Waals surface area contributed by atoms with Crippen LogP contribution in [0.5, 0.6) is 0 Å². The van der Waals surface area contributed by atoms with E-state index in [0.29, 0.717) is 25.0 Å². The van der Waals surface area contributed by atoms with Gasteiger partial charge in [0.2, 0.25) is 10.0 Å². The molecular formula is C12H26N2O4S2. The van der Waals surface area contributed by atoms with E-state index >= 15 is 0 Å². The van der Waals surface area contributed by atoms with Gasteiger partial charge in [-0.25, -0.2) is 21.1 Å². The number of sulfone groups is 1. The fraction of sp³-hybridized carbons (Fsp3) is 1.00. The predicted octanol–water partition coefficient (Wildman–Crippen LogP) is 0.0708. The molecule has 1 N–H and O–H groups in total. The van der Waals surface area contributed by atoms with E-state index in [2.05, 4.69) is 19.2 Å². The smallest absolute Gasteiger partial charge is 0.215 e. The van der Waals surface area contributed by atoms with Gasteiger partial charge in [-0.05, 0) is 25.3 Å². The fourth-order valence-corrected chi connectivity index (χ4v) is 5.26. The minimum absolute atomic E-state index is 0.301. The Morgan fingerprint density at radius 1 is 1.10 bits per heavy atom. The molecule has 120 valence electrons. The third-order valence-corrected chi connectivity index (χ3v) is 6.57. The highest BCUT2D eigenvalue weighted by Gasteiger charge is 2.28. The average molecular weight is 326 g/mol. The zero-order valence-electron chi connectivity index (χ0n) is 12.5. The summed E-state index contributed by atoms with van der Waals surface area (Å²) in [6, 6.07) is 0.437. The largest absolute Gasteiger partial charge is 0.314 e. The third-order valence-electron chi connectivity index (χ3n) is 3.49. The molecule has 1 aliphatic heterocycles. The summed E-state index contributed by atoms with van der Waals surface area (Å²) in [5, 5.41) is 3.37. The van der Waals surface area contributed by atoms with Gasteiger partial charge in [0.05, 0.1) is 11.5 Å². The number of sulfonamides is 1. The van der Waals surface area contributed by atoms with Crippen LogP contribution in [0.25, 0.3) is 0 Å². The van der Waals surface area contributed by atoms with E-state index in [1.165, 1.54) is 4.31 Å². The van der Waals surface area contributed by atoms with E-state index in [1.54, 1.807) is 0 Å². The van der Waals surface area contributed by atoms with Gasteiger partial charge >= 0.3 is 0 Å². The van der Waals surface area contributed by atoms with E-state index in [9.17, 15) is 16.8 Å². The zero-order chi connectivity index (χ0) is 15.4. The van der Waals surface area contributed by atoms with Crippen LogP contribution in [0.2, 0.25) is 0 Å². The molecule has 0 bridgehead atoms. The minimum atomic E-state index is -3.44. The molecule has 1 fully saturated rings. The molecule has 0 aliphatic carbocycles. The van der Waals surface area contributed by atoms with Crippen LogP contribution < -0.4 is 5.32 Å².